The molecule has 0 spiro atoms. The van der Waals surface area contributed by atoms with Gasteiger partial charge in [0.25, 0.3) is 0 Å². The molecule has 0 saturated heterocycles. The van der Waals surface area contributed by atoms with Gasteiger partial charge in [0.15, 0.2) is 11.8 Å². The second-order valence-electron chi connectivity index (χ2n) is 12.3. The minimum atomic E-state index is 0.109. The Kier molecular flexibility index (Phi) is 4.50. The number of fused-ring (bicyclic) bond motifs is 8. The van der Waals surface area contributed by atoms with Crippen LogP contribution in [0.15, 0.2) is 71.4 Å². The average molecular weight is 486 g/mol. The molecule has 6 aromatic rings. The SMILES string of the molecule is Cc1ccc2c(oc3ncc4c5c(ccc4c32)C(C)(C)CCC5(C)C)c1-c1c2ccccc2cc[n+]1C. The molecule has 7 rings (SSSR count). The summed E-state index contributed by atoms with van der Waals surface area (Å²) in [5.41, 5.74) is 8.33. The molecule has 0 bridgehead atoms. The van der Waals surface area contributed by atoms with Crippen molar-refractivity contribution < 1.29 is 8.98 Å². The Morgan fingerprint density at radius 2 is 1.57 bits per heavy atom. The van der Waals surface area contributed by atoms with Gasteiger partial charge < -0.3 is 4.42 Å². The molecule has 0 saturated carbocycles. The number of hydrogen-bond donors (Lipinski definition) is 0. The number of hydrogen-bond acceptors (Lipinski definition) is 2. The number of furan rings is 1. The number of aromatic nitrogens is 2. The van der Waals surface area contributed by atoms with E-state index in [1.165, 1.54) is 56.8 Å². The van der Waals surface area contributed by atoms with Crippen molar-refractivity contribution in [1.29, 1.82) is 0 Å². The molecule has 3 aromatic heterocycles. The van der Waals surface area contributed by atoms with Crippen LogP contribution in [0, 0.1) is 6.92 Å². The minimum absolute atomic E-state index is 0.109. The van der Waals surface area contributed by atoms with Gasteiger partial charge in [-0.05, 0) is 64.1 Å². The van der Waals surface area contributed by atoms with Crippen molar-refractivity contribution in [2.24, 2.45) is 7.05 Å². The lowest BCUT2D eigenvalue weighted by Crippen LogP contribution is -2.34. The van der Waals surface area contributed by atoms with Crippen molar-refractivity contribution in [3.05, 3.63) is 83.7 Å². The van der Waals surface area contributed by atoms with Crippen LogP contribution in [0.3, 0.4) is 0 Å². The van der Waals surface area contributed by atoms with Gasteiger partial charge in [0.05, 0.1) is 16.3 Å². The first kappa shape index (κ1) is 22.5. The molecule has 0 N–H and O–H groups in total. The van der Waals surface area contributed by atoms with E-state index >= 15 is 0 Å². The Morgan fingerprint density at radius 3 is 2.41 bits per heavy atom. The van der Waals surface area contributed by atoms with Gasteiger partial charge >= 0.3 is 0 Å². The van der Waals surface area contributed by atoms with Gasteiger partial charge in [-0.25, -0.2) is 9.55 Å². The Labute approximate surface area is 217 Å². The Morgan fingerprint density at radius 1 is 0.811 bits per heavy atom. The maximum absolute atomic E-state index is 6.64. The van der Waals surface area contributed by atoms with Crippen molar-refractivity contribution in [2.75, 3.05) is 0 Å². The highest BCUT2D eigenvalue weighted by atomic mass is 16.3. The maximum Gasteiger partial charge on any atom is 0.227 e. The second-order valence-corrected chi connectivity index (χ2v) is 12.3. The summed E-state index contributed by atoms with van der Waals surface area (Å²) >= 11 is 0. The normalized spacial score (nSPS) is 16.6. The van der Waals surface area contributed by atoms with Gasteiger partial charge in [-0.1, -0.05) is 70.2 Å². The summed E-state index contributed by atoms with van der Waals surface area (Å²) in [5, 5.41) is 7.21. The van der Waals surface area contributed by atoms with Gasteiger partial charge in [0, 0.05) is 23.0 Å². The topological polar surface area (TPSA) is 29.9 Å². The fourth-order valence-corrected chi connectivity index (χ4v) is 6.79. The zero-order valence-corrected chi connectivity index (χ0v) is 22.6. The average Bonchev–Trinajstić information content (AvgIpc) is 3.26. The quantitative estimate of drug-likeness (QED) is 0.219. The van der Waals surface area contributed by atoms with E-state index in [9.17, 15) is 0 Å². The van der Waals surface area contributed by atoms with Crippen LogP contribution >= 0.6 is 0 Å². The molecule has 3 aromatic carbocycles. The molecular formula is C34H33N2O+. The molecule has 0 fully saturated rings. The molecule has 3 heterocycles. The van der Waals surface area contributed by atoms with E-state index in [0.29, 0.717) is 5.71 Å². The van der Waals surface area contributed by atoms with Gasteiger partial charge in [-0.2, -0.15) is 0 Å². The largest absolute Gasteiger partial charge is 0.437 e. The van der Waals surface area contributed by atoms with E-state index < -0.39 is 0 Å². The van der Waals surface area contributed by atoms with E-state index in [-0.39, 0.29) is 10.8 Å². The maximum atomic E-state index is 6.64. The fraction of sp³-hybridized carbons (Fsp3) is 0.294. The van der Waals surface area contributed by atoms with Gasteiger partial charge in [-0.3, -0.25) is 0 Å². The number of aryl methyl sites for hydroxylation is 2. The number of pyridine rings is 2. The number of benzene rings is 3. The summed E-state index contributed by atoms with van der Waals surface area (Å²) in [6.45, 7) is 11.7. The monoisotopic (exact) mass is 485 g/mol. The molecular weight excluding hydrogens is 452 g/mol. The minimum Gasteiger partial charge on any atom is -0.437 e. The summed E-state index contributed by atoms with van der Waals surface area (Å²) in [6, 6.07) is 19.9. The molecule has 3 heteroatoms. The molecule has 0 unspecified atom stereocenters. The molecule has 1 aliphatic rings. The molecule has 3 nitrogen and oxygen atoms in total. The van der Waals surface area contributed by atoms with Crippen molar-refractivity contribution >= 4 is 43.6 Å². The predicted molar refractivity (Wildman–Crippen MR) is 153 cm³/mol. The lowest BCUT2D eigenvalue weighted by Gasteiger charge is -2.42. The molecule has 0 atom stereocenters. The third-order valence-corrected chi connectivity index (χ3v) is 8.94. The van der Waals surface area contributed by atoms with Crippen molar-refractivity contribution in [3.63, 3.8) is 0 Å². The molecule has 37 heavy (non-hydrogen) atoms. The first-order chi connectivity index (χ1) is 17.7. The summed E-state index contributed by atoms with van der Waals surface area (Å²) in [4.78, 5) is 4.94. The van der Waals surface area contributed by atoms with E-state index in [1.807, 2.05) is 0 Å². The summed E-state index contributed by atoms with van der Waals surface area (Å²) in [7, 11) is 2.12. The van der Waals surface area contributed by atoms with Crippen LogP contribution in [0.4, 0.5) is 0 Å². The van der Waals surface area contributed by atoms with Crippen LogP contribution in [0.25, 0.3) is 54.9 Å². The van der Waals surface area contributed by atoms with Crippen molar-refractivity contribution in [1.82, 2.24) is 4.98 Å². The second kappa shape index (κ2) is 7.41. The predicted octanol–water partition coefficient (Wildman–Crippen LogP) is 8.44. The highest BCUT2D eigenvalue weighted by Crippen LogP contribution is 2.50. The third kappa shape index (κ3) is 3.06. The van der Waals surface area contributed by atoms with E-state index in [2.05, 4.69) is 113 Å². The third-order valence-electron chi connectivity index (χ3n) is 8.94. The summed E-state index contributed by atoms with van der Waals surface area (Å²) < 4.78 is 8.86. The molecule has 184 valence electrons. The smallest absolute Gasteiger partial charge is 0.227 e. The van der Waals surface area contributed by atoms with Gasteiger partial charge in [0.2, 0.25) is 11.4 Å². The molecule has 1 aliphatic carbocycles. The number of rotatable bonds is 1. The highest BCUT2D eigenvalue weighted by Gasteiger charge is 2.38. The van der Waals surface area contributed by atoms with Gasteiger partial charge in [-0.15, -0.1) is 0 Å². The van der Waals surface area contributed by atoms with Crippen LogP contribution in [0.2, 0.25) is 0 Å². The molecule has 0 radical (unpaired) electrons. The van der Waals surface area contributed by atoms with Crippen LogP contribution in [0.1, 0.15) is 57.2 Å². The van der Waals surface area contributed by atoms with Crippen LogP contribution in [0.5, 0.6) is 0 Å². The summed E-state index contributed by atoms with van der Waals surface area (Å²) in [6.07, 6.45) is 6.58. The van der Waals surface area contributed by atoms with Crippen LogP contribution in [-0.2, 0) is 17.9 Å². The van der Waals surface area contributed by atoms with E-state index in [4.69, 9.17) is 9.40 Å². The lowest BCUT2D eigenvalue weighted by atomic mass is 9.62. The number of nitrogens with zero attached hydrogens (tertiary/aromatic N) is 2. The summed E-state index contributed by atoms with van der Waals surface area (Å²) in [5.74, 6) is 0. The highest BCUT2D eigenvalue weighted by molar-refractivity contribution is 6.20. The fourth-order valence-electron chi connectivity index (χ4n) is 6.79. The molecule has 0 amide bonds. The van der Waals surface area contributed by atoms with E-state index in [1.54, 1.807) is 0 Å². The molecule has 0 aliphatic heterocycles. The lowest BCUT2D eigenvalue weighted by molar-refractivity contribution is -0.659. The standard InChI is InChI=1S/C34H33N2O/c1-20-11-12-24-28-23-13-14-26-29(34(4,5)17-16-33(26,2)3)25(23)19-35-32(28)37-31(24)27(20)30-22-10-8-7-9-21(22)15-18-36(30)6/h7-15,18-19H,16-17H2,1-6H3/q+1. The Hall–Kier alpha value is -3.72. The zero-order valence-electron chi connectivity index (χ0n) is 22.6. The first-order valence-corrected chi connectivity index (χ1v) is 13.3. The van der Waals surface area contributed by atoms with Crippen molar-refractivity contribution in [2.45, 2.75) is 58.3 Å². The van der Waals surface area contributed by atoms with Crippen LogP contribution < -0.4 is 4.57 Å². The van der Waals surface area contributed by atoms with Gasteiger partial charge in [0.1, 0.15) is 7.05 Å². The van der Waals surface area contributed by atoms with E-state index in [0.717, 1.165) is 21.9 Å². The van der Waals surface area contributed by atoms with Crippen molar-refractivity contribution in [3.8, 4) is 11.3 Å². The zero-order chi connectivity index (χ0) is 25.7. The Balaban J connectivity index is 1.61. The first-order valence-electron chi connectivity index (χ1n) is 13.3. The Bertz CT molecular complexity index is 1910. The van der Waals surface area contributed by atoms with Crippen LogP contribution in [-0.4, -0.2) is 4.98 Å².